The molecule has 0 heteroatoms. The van der Waals surface area contributed by atoms with Crippen LogP contribution in [0.5, 0.6) is 0 Å². The van der Waals surface area contributed by atoms with Crippen molar-refractivity contribution in [1.82, 2.24) is 0 Å². The molecule has 14 heavy (non-hydrogen) atoms. The second-order valence-electron chi connectivity index (χ2n) is 4.17. The zero-order chi connectivity index (χ0) is 10.1. The fourth-order valence-electron chi connectivity index (χ4n) is 2.28. The summed E-state index contributed by atoms with van der Waals surface area (Å²) < 4.78 is 0. The van der Waals surface area contributed by atoms with Crippen molar-refractivity contribution in [3.63, 3.8) is 0 Å². The van der Waals surface area contributed by atoms with Gasteiger partial charge in [-0.2, -0.15) is 0 Å². The smallest absolute Gasteiger partial charge is 0.0187 e. The molecule has 1 aliphatic rings. The number of rotatable bonds is 2. The molecule has 0 fully saturated rings. The zero-order valence-electron chi connectivity index (χ0n) is 8.72. The van der Waals surface area contributed by atoms with Gasteiger partial charge in [-0.25, -0.2) is 0 Å². The van der Waals surface area contributed by atoms with Crippen LogP contribution < -0.4 is 0 Å². The van der Waals surface area contributed by atoms with E-state index in [1.807, 2.05) is 12.2 Å². The minimum Gasteiger partial charge on any atom is -0.0984 e. The minimum atomic E-state index is 0.794. The maximum Gasteiger partial charge on any atom is -0.0187 e. The first-order chi connectivity index (χ1) is 6.74. The Hall–Kier alpha value is -1.30. The van der Waals surface area contributed by atoms with E-state index in [0.29, 0.717) is 0 Å². The molecule has 2 rings (SSSR count). The van der Waals surface area contributed by atoms with E-state index in [-0.39, 0.29) is 0 Å². The minimum absolute atomic E-state index is 0.794. The Morgan fingerprint density at radius 1 is 1.07 bits per heavy atom. The standard InChI is InChI=1S/C14H16/c1-4-11-8-13-6-10(3)7-14(13)9-12(11)5-2/h4-5,8-10H,1-2,6-7H2,3H3. The molecule has 0 aliphatic heterocycles. The summed E-state index contributed by atoms with van der Waals surface area (Å²) in [5, 5.41) is 0. The fourth-order valence-corrected chi connectivity index (χ4v) is 2.28. The fraction of sp³-hybridized carbons (Fsp3) is 0.286. The first kappa shape index (κ1) is 9.26. The molecule has 0 saturated heterocycles. The van der Waals surface area contributed by atoms with E-state index in [0.717, 1.165) is 5.92 Å². The highest BCUT2D eigenvalue weighted by molar-refractivity contribution is 5.66. The highest BCUT2D eigenvalue weighted by atomic mass is 14.2. The Balaban J connectivity index is 2.53. The maximum atomic E-state index is 3.84. The lowest BCUT2D eigenvalue weighted by molar-refractivity contribution is 0.628. The molecule has 1 aromatic carbocycles. The van der Waals surface area contributed by atoms with E-state index in [9.17, 15) is 0 Å². The Kier molecular flexibility index (Phi) is 2.28. The Morgan fingerprint density at radius 3 is 1.86 bits per heavy atom. The molecule has 0 N–H and O–H groups in total. The van der Waals surface area contributed by atoms with Crippen molar-refractivity contribution in [3.8, 4) is 0 Å². The van der Waals surface area contributed by atoms with Gasteiger partial charge in [-0.1, -0.05) is 44.4 Å². The molecule has 0 radical (unpaired) electrons. The van der Waals surface area contributed by atoms with Gasteiger partial charge in [-0.15, -0.1) is 0 Å². The number of fused-ring (bicyclic) bond motifs is 1. The second kappa shape index (κ2) is 3.45. The van der Waals surface area contributed by atoms with Crippen LogP contribution >= 0.6 is 0 Å². The van der Waals surface area contributed by atoms with Crippen LogP contribution in [-0.2, 0) is 12.8 Å². The monoisotopic (exact) mass is 184 g/mol. The van der Waals surface area contributed by atoms with Crippen LogP contribution in [0.15, 0.2) is 25.3 Å². The van der Waals surface area contributed by atoms with Gasteiger partial charge in [0, 0.05) is 0 Å². The first-order valence-electron chi connectivity index (χ1n) is 5.15. The summed E-state index contributed by atoms with van der Waals surface area (Å²) in [6, 6.07) is 4.53. The number of hydrogen-bond donors (Lipinski definition) is 0. The van der Waals surface area contributed by atoms with Crippen molar-refractivity contribution in [1.29, 1.82) is 0 Å². The molecule has 0 aromatic heterocycles. The van der Waals surface area contributed by atoms with Crippen LogP contribution in [0, 0.1) is 5.92 Å². The topological polar surface area (TPSA) is 0 Å². The van der Waals surface area contributed by atoms with E-state index in [1.54, 1.807) is 0 Å². The van der Waals surface area contributed by atoms with Crippen LogP contribution in [0.2, 0.25) is 0 Å². The lowest BCUT2D eigenvalue weighted by Gasteiger charge is -2.05. The normalized spacial score (nSPS) is 15.2. The molecule has 0 saturated carbocycles. The molecule has 0 atom stereocenters. The van der Waals surface area contributed by atoms with Gasteiger partial charge in [0.2, 0.25) is 0 Å². The van der Waals surface area contributed by atoms with E-state index in [1.165, 1.54) is 35.1 Å². The molecule has 72 valence electrons. The molecule has 0 nitrogen and oxygen atoms in total. The van der Waals surface area contributed by atoms with Gasteiger partial charge in [0.15, 0.2) is 0 Å². The van der Waals surface area contributed by atoms with Crippen LogP contribution in [0.25, 0.3) is 12.2 Å². The predicted octanol–water partition coefficient (Wildman–Crippen LogP) is 3.71. The summed E-state index contributed by atoms with van der Waals surface area (Å²) in [6.07, 6.45) is 6.27. The van der Waals surface area contributed by atoms with Gasteiger partial charge in [-0.3, -0.25) is 0 Å². The number of hydrogen-bond acceptors (Lipinski definition) is 0. The van der Waals surface area contributed by atoms with Gasteiger partial charge in [0.25, 0.3) is 0 Å². The lowest BCUT2D eigenvalue weighted by Crippen LogP contribution is -1.89. The molecule has 1 aliphatic carbocycles. The van der Waals surface area contributed by atoms with E-state index in [2.05, 4.69) is 32.2 Å². The molecular weight excluding hydrogens is 168 g/mol. The average molecular weight is 184 g/mol. The highest BCUT2D eigenvalue weighted by Crippen LogP contribution is 2.29. The van der Waals surface area contributed by atoms with Gasteiger partial charge >= 0.3 is 0 Å². The molecular formula is C14H16. The Labute approximate surface area is 86.0 Å². The summed E-state index contributed by atoms with van der Waals surface area (Å²) in [6.45, 7) is 9.98. The summed E-state index contributed by atoms with van der Waals surface area (Å²) in [7, 11) is 0. The van der Waals surface area contributed by atoms with Crippen molar-refractivity contribution in [2.24, 2.45) is 5.92 Å². The third kappa shape index (κ3) is 1.41. The molecule has 1 aromatic rings. The summed E-state index contributed by atoms with van der Waals surface area (Å²) >= 11 is 0. The van der Waals surface area contributed by atoms with E-state index in [4.69, 9.17) is 0 Å². The van der Waals surface area contributed by atoms with E-state index < -0.39 is 0 Å². The van der Waals surface area contributed by atoms with Crippen molar-refractivity contribution < 1.29 is 0 Å². The number of benzene rings is 1. The quantitative estimate of drug-likeness (QED) is 0.657. The molecule has 0 amide bonds. The van der Waals surface area contributed by atoms with Crippen molar-refractivity contribution in [2.75, 3.05) is 0 Å². The third-order valence-corrected chi connectivity index (χ3v) is 2.98. The van der Waals surface area contributed by atoms with Crippen LogP contribution in [-0.4, -0.2) is 0 Å². The van der Waals surface area contributed by atoms with Crippen molar-refractivity contribution in [3.05, 3.63) is 47.5 Å². The van der Waals surface area contributed by atoms with Crippen molar-refractivity contribution in [2.45, 2.75) is 19.8 Å². The predicted molar refractivity (Wildman–Crippen MR) is 63.2 cm³/mol. The van der Waals surface area contributed by atoms with Gasteiger partial charge in [0.1, 0.15) is 0 Å². The van der Waals surface area contributed by atoms with Crippen LogP contribution in [0.4, 0.5) is 0 Å². The third-order valence-electron chi connectivity index (χ3n) is 2.98. The van der Waals surface area contributed by atoms with Gasteiger partial charge in [0.05, 0.1) is 0 Å². The SMILES string of the molecule is C=Cc1cc2c(cc1C=C)CC(C)C2. The Morgan fingerprint density at radius 2 is 1.50 bits per heavy atom. The average Bonchev–Trinajstić information content (AvgIpc) is 2.54. The summed E-state index contributed by atoms with van der Waals surface area (Å²) in [4.78, 5) is 0. The lowest BCUT2D eigenvalue weighted by atomic mass is 10.00. The van der Waals surface area contributed by atoms with E-state index >= 15 is 0 Å². The molecule has 0 unspecified atom stereocenters. The highest BCUT2D eigenvalue weighted by Gasteiger charge is 2.18. The van der Waals surface area contributed by atoms with Crippen LogP contribution in [0.3, 0.4) is 0 Å². The van der Waals surface area contributed by atoms with Gasteiger partial charge < -0.3 is 0 Å². The Bertz CT molecular complexity index is 348. The molecule has 0 spiro atoms. The first-order valence-corrected chi connectivity index (χ1v) is 5.15. The molecule has 0 heterocycles. The summed E-state index contributed by atoms with van der Waals surface area (Å²) in [5.74, 6) is 0.794. The maximum absolute atomic E-state index is 3.84. The van der Waals surface area contributed by atoms with Crippen molar-refractivity contribution >= 4 is 12.2 Å². The second-order valence-corrected chi connectivity index (χ2v) is 4.17. The summed E-state index contributed by atoms with van der Waals surface area (Å²) in [5.41, 5.74) is 5.43. The zero-order valence-corrected chi connectivity index (χ0v) is 8.72. The van der Waals surface area contributed by atoms with Crippen LogP contribution in [0.1, 0.15) is 29.2 Å². The largest absolute Gasteiger partial charge is 0.0984 e. The molecule has 0 bridgehead atoms. The van der Waals surface area contributed by atoms with Gasteiger partial charge in [-0.05, 0) is 41.0 Å².